The highest BCUT2D eigenvalue weighted by atomic mass is 35.5. The first-order chi connectivity index (χ1) is 9.72. The zero-order valence-electron chi connectivity index (χ0n) is 11.3. The Hall–Kier alpha value is -1.17. The number of aliphatic carboxylic acids is 1. The summed E-state index contributed by atoms with van der Waals surface area (Å²) in [7, 11) is 0. The maximum absolute atomic E-state index is 11.7. The largest absolute Gasteiger partial charge is 0.548 e. The smallest absolute Gasteiger partial charge is 0.258 e. The van der Waals surface area contributed by atoms with Crippen molar-refractivity contribution >= 4 is 46.7 Å². The van der Waals surface area contributed by atoms with Crippen LogP contribution in [0, 0.1) is 5.92 Å². The van der Waals surface area contributed by atoms with Crippen LogP contribution >= 0.6 is 34.8 Å². The lowest BCUT2D eigenvalue weighted by Gasteiger charge is -2.23. The van der Waals surface area contributed by atoms with E-state index in [-0.39, 0.29) is 21.7 Å². The van der Waals surface area contributed by atoms with Gasteiger partial charge in [-0.3, -0.25) is 4.79 Å². The summed E-state index contributed by atoms with van der Waals surface area (Å²) in [5, 5.41) is 13.8. The molecule has 1 aromatic carbocycles. The fraction of sp³-hybridized carbons (Fsp3) is 0.385. The van der Waals surface area contributed by atoms with E-state index in [0.29, 0.717) is 5.02 Å². The zero-order valence-corrected chi connectivity index (χ0v) is 13.6. The molecule has 1 N–H and O–H groups in total. The molecule has 1 aromatic rings. The van der Waals surface area contributed by atoms with Gasteiger partial charge in [0.25, 0.3) is 5.91 Å². The molecular formula is C13H13Cl3NO4-. The van der Waals surface area contributed by atoms with Crippen LogP contribution in [0.2, 0.25) is 15.1 Å². The second-order valence-electron chi connectivity index (χ2n) is 4.60. The summed E-state index contributed by atoms with van der Waals surface area (Å²) in [5.41, 5.74) is 0. The van der Waals surface area contributed by atoms with E-state index in [1.807, 2.05) is 0 Å². The average Bonchev–Trinajstić information content (AvgIpc) is 2.33. The zero-order chi connectivity index (χ0) is 16.2. The molecule has 1 rings (SSSR count). The quantitative estimate of drug-likeness (QED) is 0.847. The lowest BCUT2D eigenvalue weighted by molar-refractivity contribution is -0.309. The van der Waals surface area contributed by atoms with E-state index in [0.717, 1.165) is 0 Å². The van der Waals surface area contributed by atoms with Gasteiger partial charge in [-0.25, -0.2) is 0 Å². The average molecular weight is 354 g/mol. The van der Waals surface area contributed by atoms with E-state index in [9.17, 15) is 14.7 Å². The Morgan fingerprint density at radius 3 is 2.19 bits per heavy atom. The molecule has 21 heavy (non-hydrogen) atoms. The molecule has 0 saturated heterocycles. The number of carboxylic acids is 1. The van der Waals surface area contributed by atoms with Gasteiger partial charge in [-0.15, -0.1) is 0 Å². The van der Waals surface area contributed by atoms with Crippen molar-refractivity contribution in [1.29, 1.82) is 0 Å². The van der Waals surface area contributed by atoms with Crippen LogP contribution in [0.25, 0.3) is 0 Å². The van der Waals surface area contributed by atoms with E-state index < -0.39 is 24.5 Å². The van der Waals surface area contributed by atoms with Gasteiger partial charge in [-0.05, 0) is 18.1 Å². The standard InChI is InChI=1S/C13H14Cl3NO4/c1-6(2)11(13(19)20)17-10(18)5-21-12-8(15)3-7(14)4-9(12)16/h3-4,6,11H,5H2,1-2H3,(H,17,18)(H,19,20)/p-1/t11-/m1/s1. The number of benzene rings is 1. The number of amides is 1. The minimum Gasteiger partial charge on any atom is -0.548 e. The number of nitrogens with one attached hydrogen (secondary N) is 1. The maximum atomic E-state index is 11.7. The van der Waals surface area contributed by atoms with Crippen LogP contribution in [0.4, 0.5) is 0 Å². The first kappa shape index (κ1) is 17.9. The van der Waals surface area contributed by atoms with Crippen molar-refractivity contribution in [2.45, 2.75) is 19.9 Å². The summed E-state index contributed by atoms with van der Waals surface area (Å²) < 4.78 is 5.20. The predicted octanol–water partition coefficient (Wildman–Crippen LogP) is 1.92. The Balaban J connectivity index is 2.67. The molecule has 0 aliphatic carbocycles. The van der Waals surface area contributed by atoms with Gasteiger partial charge < -0.3 is 20.0 Å². The Bertz CT molecular complexity index is 525. The number of rotatable bonds is 6. The molecule has 0 bridgehead atoms. The van der Waals surface area contributed by atoms with Crippen molar-refractivity contribution < 1.29 is 19.4 Å². The first-order valence-corrected chi connectivity index (χ1v) is 7.13. The number of carbonyl (C=O) groups excluding carboxylic acids is 2. The summed E-state index contributed by atoms with van der Waals surface area (Å²) in [6.45, 7) is 2.86. The highest BCUT2D eigenvalue weighted by Gasteiger charge is 2.18. The van der Waals surface area contributed by atoms with Gasteiger partial charge in [-0.2, -0.15) is 0 Å². The molecule has 0 fully saturated rings. The summed E-state index contributed by atoms with van der Waals surface area (Å²) in [4.78, 5) is 22.6. The predicted molar refractivity (Wildman–Crippen MR) is 78.7 cm³/mol. The number of hydrogen-bond acceptors (Lipinski definition) is 4. The molecule has 0 aliphatic rings. The summed E-state index contributed by atoms with van der Waals surface area (Å²) in [6.07, 6.45) is 0. The van der Waals surface area contributed by atoms with Gasteiger partial charge in [0.2, 0.25) is 0 Å². The molecule has 1 amide bonds. The van der Waals surface area contributed by atoms with Crippen molar-refractivity contribution in [3.8, 4) is 5.75 Å². The van der Waals surface area contributed by atoms with Crippen LogP contribution in [-0.2, 0) is 9.59 Å². The monoisotopic (exact) mass is 352 g/mol. The molecule has 0 spiro atoms. The maximum Gasteiger partial charge on any atom is 0.258 e. The lowest BCUT2D eigenvalue weighted by atomic mass is 10.1. The Morgan fingerprint density at radius 1 is 1.24 bits per heavy atom. The normalized spacial score (nSPS) is 12.1. The van der Waals surface area contributed by atoms with Gasteiger partial charge in [0.15, 0.2) is 12.4 Å². The number of hydrogen-bond donors (Lipinski definition) is 1. The molecule has 0 radical (unpaired) electrons. The van der Waals surface area contributed by atoms with Gasteiger partial charge in [-0.1, -0.05) is 48.7 Å². The minimum absolute atomic E-state index is 0.104. The first-order valence-electron chi connectivity index (χ1n) is 6.00. The lowest BCUT2D eigenvalue weighted by Crippen LogP contribution is -2.51. The molecule has 0 unspecified atom stereocenters. The third kappa shape index (κ3) is 5.26. The third-order valence-corrected chi connectivity index (χ3v) is 3.33. The molecule has 8 heteroatoms. The van der Waals surface area contributed by atoms with E-state index >= 15 is 0 Å². The molecule has 0 saturated carbocycles. The summed E-state index contributed by atoms with van der Waals surface area (Å²) >= 11 is 17.5. The molecule has 116 valence electrons. The highest BCUT2D eigenvalue weighted by molar-refractivity contribution is 6.40. The summed E-state index contributed by atoms with van der Waals surface area (Å²) in [6, 6.07) is 1.73. The fourth-order valence-corrected chi connectivity index (χ4v) is 2.44. The van der Waals surface area contributed by atoms with Crippen molar-refractivity contribution in [2.24, 2.45) is 5.92 Å². The summed E-state index contributed by atoms with van der Waals surface area (Å²) in [5.74, 6) is -2.20. The van der Waals surface area contributed by atoms with Crippen molar-refractivity contribution in [2.75, 3.05) is 6.61 Å². The van der Waals surface area contributed by atoms with Crippen LogP contribution in [0.1, 0.15) is 13.8 Å². The number of carbonyl (C=O) groups is 2. The number of halogens is 3. The van der Waals surface area contributed by atoms with Gasteiger partial charge in [0.1, 0.15) is 0 Å². The third-order valence-electron chi connectivity index (χ3n) is 2.55. The van der Waals surface area contributed by atoms with Crippen molar-refractivity contribution in [1.82, 2.24) is 5.32 Å². The van der Waals surface area contributed by atoms with Crippen molar-refractivity contribution in [3.05, 3.63) is 27.2 Å². The molecule has 1 atom stereocenters. The number of ether oxygens (including phenoxy) is 1. The van der Waals surface area contributed by atoms with Gasteiger partial charge in [0.05, 0.1) is 22.1 Å². The topological polar surface area (TPSA) is 78.5 Å². The second-order valence-corrected chi connectivity index (χ2v) is 5.85. The van der Waals surface area contributed by atoms with Crippen LogP contribution < -0.4 is 15.2 Å². The second kappa shape index (κ2) is 7.73. The van der Waals surface area contributed by atoms with Crippen molar-refractivity contribution in [3.63, 3.8) is 0 Å². The Kier molecular flexibility index (Phi) is 6.58. The Labute approximate surface area is 137 Å². The minimum atomic E-state index is -1.36. The van der Waals surface area contributed by atoms with Crippen LogP contribution in [0.3, 0.4) is 0 Å². The van der Waals surface area contributed by atoms with Gasteiger partial charge >= 0.3 is 0 Å². The molecule has 0 aromatic heterocycles. The van der Waals surface area contributed by atoms with Crippen LogP contribution in [0.5, 0.6) is 5.75 Å². The molecule has 5 nitrogen and oxygen atoms in total. The Morgan fingerprint density at radius 2 is 1.76 bits per heavy atom. The number of carboxylic acid groups (broad SMARTS) is 1. The fourth-order valence-electron chi connectivity index (χ4n) is 1.52. The molecule has 0 heterocycles. The van der Waals surface area contributed by atoms with Crippen LogP contribution in [0.15, 0.2) is 12.1 Å². The van der Waals surface area contributed by atoms with Gasteiger partial charge in [0, 0.05) is 5.02 Å². The van der Waals surface area contributed by atoms with E-state index in [1.165, 1.54) is 12.1 Å². The molecule has 0 aliphatic heterocycles. The van der Waals surface area contributed by atoms with Crippen LogP contribution in [-0.4, -0.2) is 24.5 Å². The SMILES string of the molecule is CC(C)[C@@H](NC(=O)COc1c(Cl)cc(Cl)cc1Cl)C(=O)[O-]. The molecular weight excluding hydrogens is 341 g/mol. The van der Waals surface area contributed by atoms with E-state index in [1.54, 1.807) is 13.8 Å². The van der Waals surface area contributed by atoms with E-state index in [4.69, 9.17) is 39.5 Å². The van der Waals surface area contributed by atoms with E-state index in [2.05, 4.69) is 5.32 Å². The highest BCUT2D eigenvalue weighted by Crippen LogP contribution is 2.35.